The molecule has 2 aromatic heterocycles. The van der Waals surface area contributed by atoms with E-state index in [0.717, 1.165) is 80.6 Å². The number of aromatic nitrogens is 3. The summed E-state index contributed by atoms with van der Waals surface area (Å²) in [6.45, 7) is 13.6. The summed E-state index contributed by atoms with van der Waals surface area (Å²) in [5, 5.41) is 10.7. The van der Waals surface area contributed by atoms with E-state index in [1.807, 2.05) is 71.1 Å². The van der Waals surface area contributed by atoms with Crippen molar-refractivity contribution in [1.82, 2.24) is 35.8 Å². The van der Waals surface area contributed by atoms with Crippen molar-refractivity contribution in [3.05, 3.63) is 65.1 Å². The number of hydrogen-bond acceptors (Lipinski definition) is 10. The number of nitrogens with zero attached hydrogens (tertiary/aromatic N) is 4. The normalized spacial score (nSPS) is 17.9. The van der Waals surface area contributed by atoms with Crippen molar-refractivity contribution >= 4 is 59.5 Å². The smallest absolute Gasteiger partial charge is 0.408 e. The Morgan fingerprint density at radius 2 is 1.68 bits per heavy atom. The van der Waals surface area contributed by atoms with Crippen LogP contribution in [-0.4, -0.2) is 107 Å². The van der Waals surface area contributed by atoms with E-state index in [1.165, 1.54) is 38.4 Å². The van der Waals surface area contributed by atoms with E-state index >= 15 is 0 Å². The molecule has 62 heavy (non-hydrogen) atoms. The number of fused-ring (bicyclic) bond motifs is 1. The van der Waals surface area contributed by atoms with Gasteiger partial charge < -0.3 is 40.2 Å². The van der Waals surface area contributed by atoms with Crippen molar-refractivity contribution in [3.63, 3.8) is 0 Å². The number of benzene rings is 1. The summed E-state index contributed by atoms with van der Waals surface area (Å²) in [6.07, 6.45) is 20.4. The first kappa shape index (κ1) is 50.8. The Kier molecular flexibility index (Phi) is 21.3. The molecule has 3 aliphatic rings. The topological polar surface area (TPSA) is 154 Å². The van der Waals surface area contributed by atoms with Gasteiger partial charge in [0.1, 0.15) is 28.9 Å². The Balaban J connectivity index is 0.00000205. The number of carbonyl (C=O) groups is 3. The van der Waals surface area contributed by atoms with Crippen LogP contribution in [0, 0.1) is 0 Å². The van der Waals surface area contributed by atoms with E-state index in [4.69, 9.17) is 21.1 Å². The number of piperidine rings is 2. The first-order chi connectivity index (χ1) is 30.0. The third-order valence-electron chi connectivity index (χ3n) is 11.8. The Labute approximate surface area is 380 Å². The lowest BCUT2D eigenvalue weighted by atomic mass is 9.85. The number of H-pyrrole nitrogens is 1. The SMILES string of the molecule is CC.CC(C)(C)OC(=O)NC1(C(=O)NC(CCN2CCC(OC(CCC=C3CCCCC3)CCNC=O)CC2)c2ccc(Cl)cc2)CCN(c2ncnc3[nH]ccc23)CC1.CS. The summed E-state index contributed by atoms with van der Waals surface area (Å²) in [6, 6.07) is 9.26. The van der Waals surface area contributed by atoms with E-state index in [9.17, 15) is 14.4 Å². The number of alkyl carbamates (subject to hydrolysis) is 1. The molecule has 2 unspecified atom stereocenters. The molecule has 0 bridgehead atoms. The van der Waals surface area contributed by atoms with Crippen LogP contribution in [0.25, 0.3) is 11.0 Å². The van der Waals surface area contributed by atoms with E-state index in [2.05, 4.69) is 59.4 Å². The number of rotatable bonds is 17. The maximum Gasteiger partial charge on any atom is 0.408 e. The molecule has 2 aliphatic heterocycles. The van der Waals surface area contributed by atoms with E-state index in [1.54, 1.807) is 11.8 Å². The number of anilines is 1. The minimum Gasteiger partial charge on any atom is -0.444 e. The summed E-state index contributed by atoms with van der Waals surface area (Å²) in [7, 11) is 0. The number of hydrogen-bond donors (Lipinski definition) is 5. The number of ether oxygens (including phenoxy) is 2. The predicted molar refractivity (Wildman–Crippen MR) is 254 cm³/mol. The summed E-state index contributed by atoms with van der Waals surface area (Å²) < 4.78 is 12.4. The fraction of sp³-hybridized carbons (Fsp3) is 0.638. The van der Waals surface area contributed by atoms with E-state index in [-0.39, 0.29) is 24.2 Å². The lowest BCUT2D eigenvalue weighted by Gasteiger charge is -2.42. The average Bonchev–Trinajstić information content (AvgIpc) is 3.77. The van der Waals surface area contributed by atoms with Crippen LogP contribution in [0.1, 0.15) is 130 Å². The van der Waals surface area contributed by atoms with Gasteiger partial charge >= 0.3 is 6.09 Å². The van der Waals surface area contributed by atoms with Gasteiger partial charge in [0.2, 0.25) is 12.3 Å². The third-order valence-corrected chi connectivity index (χ3v) is 12.0. The van der Waals surface area contributed by atoms with Gasteiger partial charge in [-0.2, -0.15) is 12.6 Å². The van der Waals surface area contributed by atoms with Crippen molar-refractivity contribution in [1.29, 1.82) is 0 Å². The molecular weight excluding hydrogens is 824 g/mol. The molecule has 3 amide bonds. The number of nitrogens with one attached hydrogen (secondary N) is 4. The van der Waals surface area contributed by atoms with Gasteiger partial charge in [0.15, 0.2) is 0 Å². The second kappa shape index (κ2) is 26.1. The minimum atomic E-state index is -1.20. The maximum absolute atomic E-state index is 14.6. The predicted octanol–water partition coefficient (Wildman–Crippen LogP) is 8.95. The second-order valence-electron chi connectivity index (χ2n) is 17.2. The monoisotopic (exact) mass is 897 g/mol. The van der Waals surface area contributed by atoms with Gasteiger partial charge in [-0.25, -0.2) is 14.8 Å². The number of likely N-dealkylation sites (tertiary alicyclic amines) is 1. The Bertz CT molecular complexity index is 1810. The van der Waals surface area contributed by atoms with Gasteiger partial charge in [0.05, 0.1) is 23.6 Å². The van der Waals surface area contributed by atoms with Gasteiger partial charge in [-0.3, -0.25) is 9.59 Å². The second-order valence-corrected chi connectivity index (χ2v) is 17.6. The van der Waals surface area contributed by atoms with Gasteiger partial charge in [0, 0.05) is 50.5 Å². The van der Waals surface area contributed by atoms with Gasteiger partial charge in [-0.1, -0.05) is 55.7 Å². The Hall–Kier alpha value is -3.85. The van der Waals surface area contributed by atoms with Gasteiger partial charge in [-0.15, -0.1) is 0 Å². The van der Waals surface area contributed by atoms with Crippen LogP contribution in [0.2, 0.25) is 5.02 Å². The summed E-state index contributed by atoms with van der Waals surface area (Å²) in [5.41, 5.74) is 1.36. The highest BCUT2D eigenvalue weighted by Gasteiger charge is 2.45. The zero-order chi connectivity index (χ0) is 45.0. The molecule has 4 N–H and O–H groups in total. The van der Waals surface area contributed by atoms with Crippen LogP contribution in [-0.2, 0) is 19.1 Å². The van der Waals surface area contributed by atoms with Crippen LogP contribution < -0.4 is 20.9 Å². The Morgan fingerprint density at radius 1 is 0.984 bits per heavy atom. The lowest BCUT2D eigenvalue weighted by molar-refractivity contribution is -0.129. The maximum atomic E-state index is 14.6. The van der Waals surface area contributed by atoms with Crippen molar-refractivity contribution in [2.24, 2.45) is 0 Å². The number of carbonyl (C=O) groups excluding carboxylic acids is 3. The molecule has 6 rings (SSSR count). The van der Waals surface area contributed by atoms with Crippen LogP contribution >= 0.6 is 24.2 Å². The quantitative estimate of drug-likeness (QED) is 0.0387. The molecule has 3 aromatic rings. The van der Waals surface area contributed by atoms with Crippen molar-refractivity contribution in [3.8, 4) is 0 Å². The number of halogens is 1. The number of aromatic amines is 1. The fourth-order valence-electron chi connectivity index (χ4n) is 8.55. The molecule has 0 radical (unpaired) electrons. The largest absolute Gasteiger partial charge is 0.444 e. The third kappa shape index (κ3) is 15.7. The number of amides is 3. The molecule has 1 saturated carbocycles. The van der Waals surface area contributed by atoms with Gasteiger partial charge in [0.25, 0.3) is 0 Å². The number of allylic oxidation sites excluding steroid dienone is 2. The zero-order valence-corrected chi connectivity index (χ0v) is 39.7. The first-order valence-corrected chi connectivity index (χ1v) is 24.1. The molecule has 1 aliphatic carbocycles. The van der Waals surface area contributed by atoms with Crippen LogP contribution in [0.5, 0.6) is 0 Å². The fourth-order valence-corrected chi connectivity index (χ4v) is 8.68. The molecule has 4 heterocycles. The molecule has 2 atom stereocenters. The van der Waals surface area contributed by atoms with Crippen molar-refractivity contribution in [2.75, 3.05) is 50.4 Å². The summed E-state index contributed by atoms with van der Waals surface area (Å²) in [5.74, 6) is 0.553. The van der Waals surface area contributed by atoms with Crippen LogP contribution in [0.4, 0.5) is 10.6 Å². The standard InChI is InChI=1S/C44H63ClN8O5.C2H6.CH4S/c1-43(2,3)58-42(56)51-44(21-28-53(29-22-44)40-37-17-24-47-39(37)48-30-49-40)41(55)50-38(33-12-14-34(45)15-13-33)20-27-52-25-18-36(19-26-52)57-35(16-23-46-31-54)11-7-10-32-8-5-4-6-9-32;2*1-2/h10,12-15,17,24,30-31,35-36,38H,4-9,11,16,18-23,25-29H2,1-3H3,(H,46,54)(H,50,55)(H,51,56)(H,47,48,49);1-2H3;2H,1H3. The van der Waals surface area contributed by atoms with Crippen molar-refractivity contribution < 1.29 is 23.9 Å². The highest BCUT2D eigenvalue weighted by atomic mass is 35.5. The molecule has 344 valence electrons. The van der Waals surface area contributed by atoms with Crippen LogP contribution in [0.3, 0.4) is 0 Å². The molecular formula is C47H73ClN8O5S. The highest BCUT2D eigenvalue weighted by Crippen LogP contribution is 2.32. The minimum absolute atomic E-state index is 0.109. The van der Waals surface area contributed by atoms with Gasteiger partial charge in [-0.05, 0) is 128 Å². The number of thiol groups is 1. The molecule has 13 nitrogen and oxygen atoms in total. The first-order valence-electron chi connectivity index (χ1n) is 22.8. The molecule has 15 heteroatoms. The Morgan fingerprint density at radius 3 is 2.34 bits per heavy atom. The van der Waals surface area contributed by atoms with E-state index < -0.39 is 17.2 Å². The molecule has 0 spiro atoms. The summed E-state index contributed by atoms with van der Waals surface area (Å²) >= 11 is 9.84. The highest BCUT2D eigenvalue weighted by molar-refractivity contribution is 7.79. The molecule has 1 aromatic carbocycles. The van der Waals surface area contributed by atoms with E-state index in [0.29, 0.717) is 43.9 Å². The summed E-state index contributed by atoms with van der Waals surface area (Å²) in [4.78, 5) is 55.6. The van der Waals surface area contributed by atoms with Crippen molar-refractivity contribution in [2.45, 2.75) is 147 Å². The average molecular weight is 898 g/mol. The van der Waals surface area contributed by atoms with Crippen LogP contribution in [0.15, 0.2) is 54.5 Å². The molecule has 2 saturated heterocycles. The molecule has 3 fully saturated rings. The lowest BCUT2D eigenvalue weighted by Crippen LogP contribution is -2.64. The zero-order valence-electron chi connectivity index (χ0n) is 38.0.